The molecule has 0 aromatic heterocycles. The zero-order valence-corrected chi connectivity index (χ0v) is 18.0. The summed E-state index contributed by atoms with van der Waals surface area (Å²) in [6.45, 7) is 4.07. The molecule has 2 heterocycles. The number of thioether (sulfide) groups is 1. The third-order valence-electron chi connectivity index (χ3n) is 5.72. The smallest absolute Gasteiger partial charge is 0.321 e. The van der Waals surface area contributed by atoms with Gasteiger partial charge < -0.3 is 19.9 Å². The van der Waals surface area contributed by atoms with Gasteiger partial charge in [0.15, 0.2) is 6.61 Å². The van der Waals surface area contributed by atoms with Crippen LogP contribution in [0.25, 0.3) is 0 Å². The molecule has 0 saturated carbocycles. The average molecular weight is 426 g/mol. The lowest BCUT2D eigenvalue weighted by Gasteiger charge is -2.43. The number of benzene rings is 2. The van der Waals surface area contributed by atoms with Crippen LogP contribution in [0.1, 0.15) is 18.4 Å². The second kappa shape index (κ2) is 9.00. The summed E-state index contributed by atoms with van der Waals surface area (Å²) in [6, 6.07) is 17.1. The van der Waals surface area contributed by atoms with Crippen molar-refractivity contribution in [3.63, 3.8) is 0 Å². The van der Waals surface area contributed by atoms with E-state index in [-0.39, 0.29) is 23.4 Å². The largest absolute Gasteiger partial charge is 0.484 e. The zero-order chi connectivity index (χ0) is 21.0. The quantitative estimate of drug-likeness (QED) is 0.805. The third-order valence-corrected chi connectivity index (χ3v) is 7.27. The van der Waals surface area contributed by atoms with E-state index in [0.29, 0.717) is 18.8 Å². The highest BCUT2D eigenvalue weighted by Crippen LogP contribution is 2.44. The number of urea groups is 1. The fourth-order valence-corrected chi connectivity index (χ4v) is 5.49. The first-order chi connectivity index (χ1) is 14.6. The maximum atomic E-state index is 12.9. The molecule has 1 spiro atoms. The molecule has 30 heavy (non-hydrogen) atoms. The predicted molar refractivity (Wildman–Crippen MR) is 120 cm³/mol. The molecule has 2 aliphatic rings. The Labute approximate surface area is 181 Å². The van der Waals surface area contributed by atoms with Gasteiger partial charge in [0.05, 0.1) is 4.87 Å². The second-order valence-corrected chi connectivity index (χ2v) is 9.18. The van der Waals surface area contributed by atoms with E-state index < -0.39 is 0 Å². The van der Waals surface area contributed by atoms with Crippen LogP contribution in [-0.2, 0) is 4.79 Å². The maximum Gasteiger partial charge on any atom is 0.321 e. The molecule has 2 aromatic carbocycles. The second-order valence-electron chi connectivity index (χ2n) is 7.72. The average Bonchev–Trinajstić information content (AvgIpc) is 3.18. The third kappa shape index (κ3) is 4.56. The van der Waals surface area contributed by atoms with Gasteiger partial charge in [-0.2, -0.15) is 0 Å². The summed E-state index contributed by atoms with van der Waals surface area (Å²) >= 11 is 1.83. The Balaban J connectivity index is 1.32. The monoisotopic (exact) mass is 425 g/mol. The van der Waals surface area contributed by atoms with Crippen LogP contribution in [0, 0.1) is 6.92 Å². The lowest BCUT2D eigenvalue weighted by molar-refractivity contribution is -0.136. The van der Waals surface area contributed by atoms with Crippen molar-refractivity contribution in [3.8, 4) is 5.75 Å². The van der Waals surface area contributed by atoms with Gasteiger partial charge in [0.1, 0.15) is 5.75 Å². The first kappa shape index (κ1) is 20.6. The molecule has 6 nitrogen and oxygen atoms in total. The van der Waals surface area contributed by atoms with Gasteiger partial charge >= 0.3 is 6.03 Å². The Morgan fingerprint density at radius 2 is 1.73 bits per heavy atom. The summed E-state index contributed by atoms with van der Waals surface area (Å²) in [4.78, 5) is 29.1. The summed E-state index contributed by atoms with van der Waals surface area (Å²) in [5, 5.41) is 2.97. The van der Waals surface area contributed by atoms with Gasteiger partial charge in [-0.15, -0.1) is 11.8 Å². The lowest BCUT2D eigenvalue weighted by atomic mass is 10.0. The molecule has 0 bridgehead atoms. The number of hydrogen-bond acceptors (Lipinski definition) is 4. The van der Waals surface area contributed by atoms with E-state index in [1.807, 2.05) is 83.1 Å². The van der Waals surface area contributed by atoms with Crippen molar-refractivity contribution < 1.29 is 14.3 Å². The van der Waals surface area contributed by atoms with Crippen molar-refractivity contribution in [2.45, 2.75) is 24.6 Å². The molecule has 2 aliphatic heterocycles. The molecule has 2 fully saturated rings. The number of anilines is 1. The molecule has 2 aromatic rings. The topological polar surface area (TPSA) is 61.9 Å². The molecule has 2 saturated heterocycles. The number of rotatable bonds is 4. The molecular weight excluding hydrogens is 398 g/mol. The van der Waals surface area contributed by atoms with Crippen molar-refractivity contribution in [3.05, 3.63) is 60.2 Å². The van der Waals surface area contributed by atoms with E-state index in [1.54, 1.807) is 0 Å². The number of para-hydroxylation sites is 1. The normalized spacial score (nSPS) is 17.8. The number of carbonyl (C=O) groups is 2. The minimum atomic E-state index is -0.224. The van der Waals surface area contributed by atoms with Crippen LogP contribution in [0.5, 0.6) is 5.75 Å². The first-order valence-electron chi connectivity index (χ1n) is 10.3. The molecule has 0 unspecified atom stereocenters. The number of nitrogens with zero attached hydrogens (tertiary/aromatic N) is 2. The number of ether oxygens (including phenoxy) is 1. The van der Waals surface area contributed by atoms with Gasteiger partial charge in [0, 0.05) is 31.1 Å². The fourth-order valence-electron chi connectivity index (χ4n) is 4.01. The molecule has 158 valence electrons. The van der Waals surface area contributed by atoms with Gasteiger partial charge in [-0.1, -0.05) is 35.9 Å². The Bertz CT molecular complexity index is 880. The van der Waals surface area contributed by atoms with Gasteiger partial charge in [0.2, 0.25) is 0 Å². The van der Waals surface area contributed by atoms with Crippen LogP contribution < -0.4 is 10.1 Å². The summed E-state index contributed by atoms with van der Waals surface area (Å²) < 4.78 is 5.67. The van der Waals surface area contributed by atoms with Crippen molar-refractivity contribution in [1.82, 2.24) is 9.80 Å². The molecule has 0 atom stereocenters. The molecule has 7 heteroatoms. The van der Waals surface area contributed by atoms with Gasteiger partial charge in [-0.3, -0.25) is 4.79 Å². The highest BCUT2D eigenvalue weighted by atomic mass is 32.2. The Hall–Kier alpha value is -2.67. The fraction of sp³-hybridized carbons (Fsp3) is 0.391. The van der Waals surface area contributed by atoms with E-state index in [1.165, 1.54) is 0 Å². The number of piperidine rings is 1. The molecule has 1 N–H and O–H groups in total. The highest BCUT2D eigenvalue weighted by Gasteiger charge is 2.46. The Kier molecular flexibility index (Phi) is 6.18. The van der Waals surface area contributed by atoms with Gasteiger partial charge in [0.25, 0.3) is 5.91 Å². The maximum absolute atomic E-state index is 12.9. The van der Waals surface area contributed by atoms with Crippen molar-refractivity contribution in [1.29, 1.82) is 0 Å². The summed E-state index contributed by atoms with van der Waals surface area (Å²) in [7, 11) is 0. The SMILES string of the molecule is Cc1ccc(NC(=O)N2CCC3(CC2)SCCN3C(=O)COc2ccccc2)cc1. The molecule has 4 rings (SSSR count). The number of likely N-dealkylation sites (tertiary alicyclic amines) is 1. The number of aryl methyl sites for hydroxylation is 1. The zero-order valence-electron chi connectivity index (χ0n) is 17.2. The Morgan fingerprint density at radius 3 is 2.43 bits per heavy atom. The summed E-state index contributed by atoms with van der Waals surface area (Å²) in [5.41, 5.74) is 1.96. The summed E-state index contributed by atoms with van der Waals surface area (Å²) in [5.74, 6) is 1.64. The number of hydrogen-bond donors (Lipinski definition) is 1. The molecule has 0 radical (unpaired) electrons. The Morgan fingerprint density at radius 1 is 1.03 bits per heavy atom. The van der Waals surface area contributed by atoms with E-state index in [4.69, 9.17) is 4.74 Å². The minimum Gasteiger partial charge on any atom is -0.484 e. The van der Waals surface area contributed by atoms with Crippen molar-refractivity contribution in [2.75, 3.05) is 37.3 Å². The van der Waals surface area contributed by atoms with Crippen LogP contribution in [-0.4, -0.2) is 58.6 Å². The molecule has 3 amide bonds. The van der Waals surface area contributed by atoms with Gasteiger partial charge in [-0.25, -0.2) is 4.79 Å². The van der Waals surface area contributed by atoms with Crippen LogP contribution in [0.2, 0.25) is 0 Å². The van der Waals surface area contributed by atoms with Crippen LogP contribution in [0.15, 0.2) is 54.6 Å². The minimum absolute atomic E-state index is 0.0152. The standard InChI is InChI=1S/C23H27N3O3S/c1-18-7-9-19(10-8-18)24-22(28)25-13-11-23(12-14-25)26(15-16-30-23)21(27)17-29-20-5-3-2-4-6-20/h2-10H,11-17H2,1H3,(H,24,28). The van der Waals surface area contributed by atoms with E-state index in [0.717, 1.165) is 36.4 Å². The number of amides is 3. The first-order valence-corrected chi connectivity index (χ1v) is 11.3. The number of carbonyl (C=O) groups excluding carboxylic acids is 2. The van der Waals surface area contributed by atoms with Crippen LogP contribution >= 0.6 is 11.8 Å². The summed E-state index contributed by atoms with van der Waals surface area (Å²) in [6.07, 6.45) is 1.55. The molecular formula is C23H27N3O3S. The molecule has 0 aliphatic carbocycles. The predicted octanol–water partition coefficient (Wildman–Crippen LogP) is 3.97. The van der Waals surface area contributed by atoms with Crippen molar-refractivity contribution in [2.24, 2.45) is 0 Å². The van der Waals surface area contributed by atoms with E-state index in [9.17, 15) is 9.59 Å². The highest BCUT2D eigenvalue weighted by molar-refractivity contribution is 8.00. The van der Waals surface area contributed by atoms with Gasteiger partial charge in [-0.05, 0) is 44.0 Å². The van der Waals surface area contributed by atoms with Crippen LogP contribution in [0.4, 0.5) is 10.5 Å². The van der Waals surface area contributed by atoms with E-state index >= 15 is 0 Å². The van der Waals surface area contributed by atoms with Crippen molar-refractivity contribution >= 4 is 29.4 Å². The van der Waals surface area contributed by atoms with E-state index in [2.05, 4.69) is 5.32 Å². The number of nitrogens with one attached hydrogen (secondary N) is 1. The lowest BCUT2D eigenvalue weighted by Crippen LogP contribution is -2.55. The van der Waals surface area contributed by atoms with Crippen LogP contribution in [0.3, 0.4) is 0 Å².